The summed E-state index contributed by atoms with van der Waals surface area (Å²) in [6.45, 7) is 0. The van der Waals surface area contributed by atoms with Gasteiger partial charge in [0.2, 0.25) is 5.88 Å². The van der Waals surface area contributed by atoms with Gasteiger partial charge in [0.25, 0.3) is 0 Å². The number of nitrogens with one attached hydrogen (secondary N) is 1. The molecule has 0 fully saturated rings. The molecule has 4 nitrogen and oxygen atoms in total. The van der Waals surface area contributed by atoms with Gasteiger partial charge in [0.15, 0.2) is 0 Å². The number of nitrogen functional groups attached to an aromatic ring is 1. The Morgan fingerprint density at radius 2 is 2.20 bits per heavy atom. The Labute approximate surface area is 87.8 Å². The average molecular weight is 203 g/mol. The van der Waals surface area contributed by atoms with Crippen molar-refractivity contribution in [1.29, 1.82) is 0 Å². The smallest absolute Gasteiger partial charge is 0.208 e. The molecule has 0 saturated heterocycles. The van der Waals surface area contributed by atoms with Crippen molar-refractivity contribution >= 4 is 5.69 Å². The molecule has 2 aromatic rings. The minimum Gasteiger partial charge on any atom is -0.493 e. The van der Waals surface area contributed by atoms with E-state index in [1.54, 1.807) is 0 Å². The largest absolute Gasteiger partial charge is 0.493 e. The number of hydrogen-bond donors (Lipinski definition) is 3. The molecule has 78 valence electrons. The third-order valence-electron chi connectivity index (χ3n) is 2.22. The Kier molecular flexibility index (Phi) is 2.58. The van der Waals surface area contributed by atoms with E-state index in [2.05, 4.69) is 9.97 Å². The zero-order valence-electron chi connectivity index (χ0n) is 8.27. The van der Waals surface area contributed by atoms with Gasteiger partial charge in [0.05, 0.1) is 6.20 Å². The normalized spacial score (nSPS) is 10.4. The topological polar surface area (TPSA) is 74.9 Å². The SMILES string of the molecule is Nc1cccc(CCc2ncc(O)[nH]2)c1. The van der Waals surface area contributed by atoms with Gasteiger partial charge in [-0.05, 0) is 24.1 Å². The van der Waals surface area contributed by atoms with Crippen LogP contribution in [0.15, 0.2) is 30.5 Å². The lowest BCUT2D eigenvalue weighted by Gasteiger charge is -2.00. The molecule has 4 N–H and O–H groups in total. The van der Waals surface area contributed by atoms with Crippen LogP contribution in [0.2, 0.25) is 0 Å². The first-order valence-corrected chi connectivity index (χ1v) is 4.81. The molecule has 0 unspecified atom stereocenters. The highest BCUT2D eigenvalue weighted by Gasteiger charge is 2.00. The second-order valence-corrected chi connectivity index (χ2v) is 3.46. The number of aryl methyl sites for hydroxylation is 2. The van der Waals surface area contributed by atoms with E-state index in [1.807, 2.05) is 24.3 Å². The molecule has 0 radical (unpaired) electrons. The van der Waals surface area contributed by atoms with Gasteiger partial charge in [0.1, 0.15) is 5.82 Å². The van der Waals surface area contributed by atoms with Gasteiger partial charge < -0.3 is 15.8 Å². The van der Waals surface area contributed by atoms with E-state index in [1.165, 1.54) is 11.8 Å². The van der Waals surface area contributed by atoms with E-state index in [-0.39, 0.29) is 5.88 Å². The molecule has 0 aliphatic heterocycles. The van der Waals surface area contributed by atoms with E-state index in [9.17, 15) is 0 Å². The summed E-state index contributed by atoms with van der Waals surface area (Å²) in [5.41, 5.74) is 7.61. The van der Waals surface area contributed by atoms with Crippen LogP contribution in [-0.2, 0) is 12.8 Å². The average Bonchev–Trinajstić information content (AvgIpc) is 2.62. The molecule has 0 spiro atoms. The fourth-order valence-electron chi connectivity index (χ4n) is 1.49. The van der Waals surface area contributed by atoms with Gasteiger partial charge in [-0.15, -0.1) is 0 Å². The number of nitrogens with zero attached hydrogens (tertiary/aromatic N) is 1. The van der Waals surface area contributed by atoms with Gasteiger partial charge in [-0.25, -0.2) is 4.98 Å². The third-order valence-corrected chi connectivity index (χ3v) is 2.22. The number of aromatic amines is 1. The first-order chi connectivity index (χ1) is 7.24. The van der Waals surface area contributed by atoms with Gasteiger partial charge in [-0.1, -0.05) is 12.1 Å². The van der Waals surface area contributed by atoms with Crippen molar-refractivity contribution in [3.05, 3.63) is 41.9 Å². The third kappa shape index (κ3) is 2.49. The van der Waals surface area contributed by atoms with Crippen LogP contribution in [0, 0.1) is 0 Å². The molecule has 15 heavy (non-hydrogen) atoms. The number of imidazole rings is 1. The van der Waals surface area contributed by atoms with Crippen LogP contribution in [0.5, 0.6) is 5.88 Å². The van der Waals surface area contributed by atoms with Crippen LogP contribution in [0.3, 0.4) is 0 Å². The molecular weight excluding hydrogens is 190 g/mol. The van der Waals surface area contributed by atoms with Crippen molar-refractivity contribution in [2.45, 2.75) is 12.8 Å². The van der Waals surface area contributed by atoms with Crippen LogP contribution in [0.4, 0.5) is 5.69 Å². The molecule has 0 bridgehead atoms. The van der Waals surface area contributed by atoms with E-state index < -0.39 is 0 Å². The van der Waals surface area contributed by atoms with Crippen molar-refractivity contribution in [2.24, 2.45) is 0 Å². The standard InChI is InChI=1S/C11H13N3O/c12-9-3-1-2-8(6-9)4-5-10-13-7-11(15)14-10/h1-3,6-7,15H,4-5,12H2,(H,13,14). The Balaban J connectivity index is 1.99. The fourth-order valence-corrected chi connectivity index (χ4v) is 1.49. The summed E-state index contributed by atoms with van der Waals surface area (Å²) in [4.78, 5) is 6.79. The maximum Gasteiger partial charge on any atom is 0.208 e. The molecule has 2 rings (SSSR count). The lowest BCUT2D eigenvalue weighted by molar-refractivity contribution is 0.455. The molecule has 1 heterocycles. The molecule has 0 aliphatic rings. The maximum absolute atomic E-state index is 9.06. The van der Waals surface area contributed by atoms with Crippen LogP contribution in [0.1, 0.15) is 11.4 Å². The van der Waals surface area contributed by atoms with Gasteiger partial charge in [-0.2, -0.15) is 0 Å². The second-order valence-electron chi connectivity index (χ2n) is 3.46. The number of rotatable bonds is 3. The molecule has 4 heteroatoms. The van der Waals surface area contributed by atoms with E-state index >= 15 is 0 Å². The first kappa shape index (κ1) is 9.58. The number of benzene rings is 1. The van der Waals surface area contributed by atoms with Crippen LogP contribution < -0.4 is 5.73 Å². The predicted molar refractivity (Wildman–Crippen MR) is 58.5 cm³/mol. The highest BCUT2D eigenvalue weighted by atomic mass is 16.3. The van der Waals surface area contributed by atoms with Crippen molar-refractivity contribution in [3.63, 3.8) is 0 Å². The molecule has 0 aliphatic carbocycles. The molecule has 1 aromatic heterocycles. The predicted octanol–water partition coefficient (Wildman–Crippen LogP) is 1.48. The number of aromatic nitrogens is 2. The first-order valence-electron chi connectivity index (χ1n) is 4.81. The number of nitrogens with two attached hydrogens (primary N) is 1. The number of aromatic hydroxyl groups is 1. The molecular formula is C11H13N3O. The quantitative estimate of drug-likeness (QED) is 0.661. The highest BCUT2D eigenvalue weighted by Crippen LogP contribution is 2.10. The van der Waals surface area contributed by atoms with Crippen LogP contribution in [0.25, 0.3) is 0 Å². The van der Waals surface area contributed by atoms with E-state index in [0.717, 1.165) is 24.4 Å². The summed E-state index contributed by atoms with van der Waals surface area (Å²) in [7, 11) is 0. The Bertz CT molecular complexity index is 451. The summed E-state index contributed by atoms with van der Waals surface area (Å²) >= 11 is 0. The van der Waals surface area contributed by atoms with E-state index in [4.69, 9.17) is 10.8 Å². The minimum atomic E-state index is 0.109. The fraction of sp³-hybridized carbons (Fsp3) is 0.182. The summed E-state index contributed by atoms with van der Waals surface area (Å²) in [6.07, 6.45) is 3.04. The Morgan fingerprint density at radius 1 is 1.33 bits per heavy atom. The number of hydrogen-bond acceptors (Lipinski definition) is 3. The summed E-state index contributed by atoms with van der Waals surface area (Å²) in [6, 6.07) is 7.77. The lowest BCUT2D eigenvalue weighted by Crippen LogP contribution is -1.94. The lowest BCUT2D eigenvalue weighted by atomic mass is 10.1. The van der Waals surface area contributed by atoms with Crippen LogP contribution in [-0.4, -0.2) is 15.1 Å². The zero-order chi connectivity index (χ0) is 10.7. The summed E-state index contributed by atoms with van der Waals surface area (Å²) in [5.74, 6) is 0.896. The highest BCUT2D eigenvalue weighted by molar-refractivity contribution is 5.40. The molecule has 0 amide bonds. The van der Waals surface area contributed by atoms with Gasteiger partial charge in [-0.3, -0.25) is 0 Å². The molecule has 1 aromatic carbocycles. The number of anilines is 1. The van der Waals surface area contributed by atoms with Crippen molar-refractivity contribution in [3.8, 4) is 5.88 Å². The molecule has 0 atom stereocenters. The maximum atomic E-state index is 9.06. The zero-order valence-corrected chi connectivity index (χ0v) is 8.27. The van der Waals surface area contributed by atoms with Gasteiger partial charge in [0, 0.05) is 12.1 Å². The Hall–Kier alpha value is -1.97. The molecule has 0 saturated carbocycles. The Morgan fingerprint density at radius 3 is 2.87 bits per heavy atom. The number of H-pyrrole nitrogens is 1. The van der Waals surface area contributed by atoms with Crippen molar-refractivity contribution in [2.75, 3.05) is 5.73 Å². The van der Waals surface area contributed by atoms with E-state index in [0.29, 0.717) is 0 Å². The van der Waals surface area contributed by atoms with Crippen LogP contribution >= 0.6 is 0 Å². The van der Waals surface area contributed by atoms with Gasteiger partial charge >= 0.3 is 0 Å². The minimum absolute atomic E-state index is 0.109. The van der Waals surface area contributed by atoms with Crippen molar-refractivity contribution < 1.29 is 5.11 Å². The second kappa shape index (κ2) is 4.04. The summed E-state index contributed by atoms with van der Waals surface area (Å²) < 4.78 is 0. The van der Waals surface area contributed by atoms with Crippen molar-refractivity contribution in [1.82, 2.24) is 9.97 Å². The summed E-state index contributed by atoms with van der Waals surface area (Å²) in [5, 5.41) is 9.06. The monoisotopic (exact) mass is 203 g/mol.